The van der Waals surface area contributed by atoms with E-state index in [1.54, 1.807) is 16.2 Å². The van der Waals surface area contributed by atoms with Gasteiger partial charge in [-0.15, -0.1) is 11.3 Å². The summed E-state index contributed by atoms with van der Waals surface area (Å²) in [5.74, 6) is 0.410. The quantitative estimate of drug-likeness (QED) is 0.897. The van der Waals surface area contributed by atoms with E-state index in [4.69, 9.17) is 5.73 Å². The maximum Gasteiger partial charge on any atom is 0.346 e. The predicted octanol–water partition coefficient (Wildman–Crippen LogP) is 2.55. The molecule has 2 heterocycles. The van der Waals surface area contributed by atoms with Gasteiger partial charge in [-0.25, -0.2) is 4.79 Å². The lowest BCUT2D eigenvalue weighted by atomic mass is 10.1. The third kappa shape index (κ3) is 2.07. The first-order valence-electron chi connectivity index (χ1n) is 5.79. The molecule has 5 heteroatoms. The fourth-order valence-electron chi connectivity index (χ4n) is 2.02. The zero-order valence-corrected chi connectivity index (χ0v) is 11.1. The smallest absolute Gasteiger partial charge is 0.346 e. The molecule has 1 aliphatic rings. The summed E-state index contributed by atoms with van der Waals surface area (Å²) in [6, 6.07) is 3.84. The molecule has 1 unspecified atom stereocenters. The number of amides is 2. The monoisotopic (exact) mass is 251 g/mol. The van der Waals surface area contributed by atoms with Crippen LogP contribution in [-0.2, 0) is 6.42 Å². The van der Waals surface area contributed by atoms with Crippen LogP contribution in [0.25, 0.3) is 0 Å². The summed E-state index contributed by atoms with van der Waals surface area (Å²) in [7, 11) is 0. The van der Waals surface area contributed by atoms with Crippen LogP contribution < -0.4 is 5.73 Å². The average Bonchev–Trinajstić information content (AvgIpc) is 2.81. The third-order valence-corrected chi connectivity index (χ3v) is 4.14. The van der Waals surface area contributed by atoms with Crippen LogP contribution >= 0.6 is 11.3 Å². The van der Waals surface area contributed by atoms with Crippen molar-refractivity contribution in [2.45, 2.75) is 39.3 Å². The molecule has 1 aliphatic heterocycles. The topological polar surface area (TPSA) is 58.7 Å². The van der Waals surface area contributed by atoms with Gasteiger partial charge in [-0.2, -0.15) is 4.99 Å². The number of hydrogen-bond donors (Lipinski definition) is 1. The number of carbonyl (C=O) groups excluding carboxylic acids is 1. The minimum Gasteiger partial charge on any atom is -0.385 e. The van der Waals surface area contributed by atoms with E-state index in [1.165, 1.54) is 4.88 Å². The number of rotatable bonds is 3. The first-order chi connectivity index (χ1) is 8.04. The standard InChI is InChI=1S/C12H17N3OS/c1-4-8-5-6-9(17-8)10-11(13)14-12(16)15(10)7(2)3/h5-7,10H,4H2,1-3H3,(H2,13,14,16). The Hall–Kier alpha value is -1.36. The number of urea groups is 1. The summed E-state index contributed by atoms with van der Waals surface area (Å²) >= 11 is 1.70. The Bertz CT molecular complexity index is 464. The Morgan fingerprint density at radius 1 is 1.53 bits per heavy atom. The first-order valence-corrected chi connectivity index (χ1v) is 6.61. The number of nitrogens with zero attached hydrogens (tertiary/aromatic N) is 2. The maximum atomic E-state index is 11.7. The van der Waals surface area contributed by atoms with E-state index in [9.17, 15) is 4.79 Å². The van der Waals surface area contributed by atoms with Gasteiger partial charge in [-0.05, 0) is 32.4 Å². The molecule has 1 aromatic rings. The van der Waals surface area contributed by atoms with E-state index in [0.717, 1.165) is 11.3 Å². The molecule has 2 rings (SSSR count). The number of aryl methyl sites for hydroxylation is 1. The van der Waals surface area contributed by atoms with Crippen molar-refractivity contribution in [2.75, 3.05) is 0 Å². The average molecular weight is 251 g/mol. The molecule has 0 bridgehead atoms. The van der Waals surface area contributed by atoms with Crippen LogP contribution in [0.4, 0.5) is 4.79 Å². The van der Waals surface area contributed by atoms with Crippen molar-refractivity contribution in [1.82, 2.24) is 4.90 Å². The van der Waals surface area contributed by atoms with Crippen molar-refractivity contribution in [1.29, 1.82) is 0 Å². The zero-order chi connectivity index (χ0) is 12.6. The Balaban J connectivity index is 2.35. The minimum absolute atomic E-state index is 0.101. The molecule has 2 N–H and O–H groups in total. The lowest BCUT2D eigenvalue weighted by molar-refractivity contribution is 0.191. The van der Waals surface area contributed by atoms with Crippen molar-refractivity contribution in [3.05, 3.63) is 21.9 Å². The highest BCUT2D eigenvalue weighted by atomic mass is 32.1. The molecule has 1 aromatic heterocycles. The number of carbonyl (C=O) groups is 1. The molecule has 0 saturated heterocycles. The van der Waals surface area contributed by atoms with Gasteiger partial charge in [0.05, 0.1) is 0 Å². The normalized spacial score (nSPS) is 20.2. The van der Waals surface area contributed by atoms with E-state index in [1.807, 2.05) is 19.9 Å². The second kappa shape index (κ2) is 4.49. The molecular weight excluding hydrogens is 234 g/mol. The van der Waals surface area contributed by atoms with Gasteiger partial charge in [0.25, 0.3) is 0 Å². The summed E-state index contributed by atoms with van der Waals surface area (Å²) in [5.41, 5.74) is 5.87. The molecular formula is C12H17N3OS. The first kappa shape index (κ1) is 12.1. The summed E-state index contributed by atoms with van der Waals surface area (Å²) in [6.45, 7) is 6.08. The van der Waals surface area contributed by atoms with Crippen LogP contribution in [0.5, 0.6) is 0 Å². The minimum atomic E-state index is -0.228. The van der Waals surface area contributed by atoms with Crippen LogP contribution in [-0.4, -0.2) is 22.8 Å². The van der Waals surface area contributed by atoms with E-state index < -0.39 is 0 Å². The van der Waals surface area contributed by atoms with Crippen molar-refractivity contribution in [2.24, 2.45) is 10.7 Å². The van der Waals surface area contributed by atoms with Crippen LogP contribution in [0.2, 0.25) is 0 Å². The van der Waals surface area contributed by atoms with Crippen LogP contribution in [0.1, 0.15) is 36.6 Å². The summed E-state index contributed by atoms with van der Waals surface area (Å²) in [6.07, 6.45) is 1.00. The number of hydrogen-bond acceptors (Lipinski definition) is 3. The predicted molar refractivity (Wildman–Crippen MR) is 70.4 cm³/mol. The van der Waals surface area contributed by atoms with Crippen molar-refractivity contribution < 1.29 is 4.79 Å². The van der Waals surface area contributed by atoms with E-state index in [-0.39, 0.29) is 18.1 Å². The van der Waals surface area contributed by atoms with Gasteiger partial charge in [0, 0.05) is 15.8 Å². The van der Waals surface area contributed by atoms with Gasteiger partial charge >= 0.3 is 6.03 Å². The summed E-state index contributed by atoms with van der Waals surface area (Å²) in [5, 5.41) is 0. The molecule has 0 aliphatic carbocycles. The molecule has 0 aromatic carbocycles. The van der Waals surface area contributed by atoms with E-state index in [2.05, 4.69) is 18.0 Å². The molecule has 0 radical (unpaired) electrons. The molecule has 0 spiro atoms. The lowest BCUT2D eigenvalue weighted by Crippen LogP contribution is -2.37. The van der Waals surface area contributed by atoms with Gasteiger partial charge in [0.1, 0.15) is 11.9 Å². The number of aliphatic imine (C=N–C) groups is 1. The second-order valence-electron chi connectivity index (χ2n) is 4.38. The SMILES string of the molecule is CCc1ccc(C2C(N)=NC(=O)N2C(C)C)s1. The molecule has 1 atom stereocenters. The summed E-state index contributed by atoms with van der Waals surface area (Å²) < 4.78 is 0. The molecule has 17 heavy (non-hydrogen) atoms. The Morgan fingerprint density at radius 3 is 2.76 bits per heavy atom. The molecule has 2 amide bonds. The third-order valence-electron chi connectivity index (χ3n) is 2.86. The molecule has 0 saturated carbocycles. The largest absolute Gasteiger partial charge is 0.385 e. The van der Waals surface area contributed by atoms with E-state index in [0.29, 0.717) is 5.84 Å². The lowest BCUT2D eigenvalue weighted by Gasteiger charge is -2.26. The van der Waals surface area contributed by atoms with E-state index >= 15 is 0 Å². The van der Waals surface area contributed by atoms with Crippen molar-refractivity contribution in [3.8, 4) is 0 Å². The number of thiophene rings is 1. The van der Waals surface area contributed by atoms with Gasteiger partial charge < -0.3 is 10.6 Å². The van der Waals surface area contributed by atoms with Gasteiger partial charge in [0.15, 0.2) is 0 Å². The Kier molecular flexibility index (Phi) is 3.19. The number of amidine groups is 1. The fourth-order valence-corrected chi connectivity index (χ4v) is 3.08. The molecule has 92 valence electrons. The van der Waals surface area contributed by atoms with Gasteiger partial charge in [-0.1, -0.05) is 6.92 Å². The molecule has 0 fully saturated rings. The fraction of sp³-hybridized carbons (Fsp3) is 0.500. The van der Waals surface area contributed by atoms with Crippen molar-refractivity contribution in [3.63, 3.8) is 0 Å². The Morgan fingerprint density at radius 2 is 2.24 bits per heavy atom. The van der Waals surface area contributed by atoms with Crippen LogP contribution in [0.15, 0.2) is 17.1 Å². The maximum absolute atomic E-state index is 11.7. The highest BCUT2D eigenvalue weighted by Gasteiger charge is 2.36. The van der Waals surface area contributed by atoms with Gasteiger partial charge in [-0.3, -0.25) is 0 Å². The highest BCUT2D eigenvalue weighted by Crippen LogP contribution is 2.33. The van der Waals surface area contributed by atoms with Crippen LogP contribution in [0, 0.1) is 0 Å². The number of nitrogens with two attached hydrogens (primary N) is 1. The highest BCUT2D eigenvalue weighted by molar-refractivity contribution is 7.12. The summed E-state index contributed by atoms with van der Waals surface area (Å²) in [4.78, 5) is 19.8. The van der Waals surface area contributed by atoms with Gasteiger partial charge in [0.2, 0.25) is 0 Å². The van der Waals surface area contributed by atoms with Crippen LogP contribution in [0.3, 0.4) is 0 Å². The second-order valence-corrected chi connectivity index (χ2v) is 5.58. The Labute approximate surface area is 105 Å². The van der Waals surface area contributed by atoms with Crippen molar-refractivity contribution >= 4 is 23.2 Å². The zero-order valence-electron chi connectivity index (χ0n) is 10.3. The molecule has 4 nitrogen and oxygen atoms in total.